The van der Waals surface area contributed by atoms with Gasteiger partial charge in [0.05, 0.1) is 34.4 Å². The highest BCUT2D eigenvalue weighted by atomic mass is 16.6. The van der Waals surface area contributed by atoms with Gasteiger partial charge < -0.3 is 23.8 Å². The summed E-state index contributed by atoms with van der Waals surface area (Å²) in [6, 6.07) is -0.626. The Morgan fingerprint density at radius 2 is 1.00 bits per heavy atom. The van der Waals surface area contributed by atoms with Crippen molar-refractivity contribution in [1.29, 1.82) is 0 Å². The molecule has 1 N–H and O–H groups in total. The van der Waals surface area contributed by atoms with Gasteiger partial charge in [-0.05, 0) is 77.0 Å². The van der Waals surface area contributed by atoms with Crippen molar-refractivity contribution in [1.82, 2.24) is 0 Å². The maximum Gasteiger partial charge on any atom is 0.362 e. The first-order valence-electron chi connectivity index (χ1n) is 21.3. The van der Waals surface area contributed by atoms with Crippen molar-refractivity contribution in [3.05, 3.63) is 60.8 Å². The topological polar surface area (TPSA) is 99.1 Å². The van der Waals surface area contributed by atoms with Gasteiger partial charge in [0.25, 0.3) is 0 Å². The van der Waals surface area contributed by atoms with Gasteiger partial charge in [-0.2, -0.15) is 0 Å². The van der Waals surface area contributed by atoms with E-state index in [-0.39, 0.29) is 42.7 Å². The predicted molar refractivity (Wildman–Crippen MR) is 224 cm³/mol. The molecule has 2 unspecified atom stereocenters. The molecule has 0 aliphatic heterocycles. The Hall–Kier alpha value is -2.97. The lowest BCUT2D eigenvalue weighted by Crippen LogP contribution is -2.50. The average Bonchev–Trinajstić information content (AvgIpc) is 3.12. The molecule has 0 rings (SSSR count). The normalized spacial score (nSPS) is 13.6. The SMILES string of the molecule is CCCCC/C=C/C/C=C/C/C=C/C/C=C/CCCC(=O)OCC(COCCC(C(=O)O)[N+](C)(C)C)OC(=O)CCCCC/C=C/CCCCCCCC. The van der Waals surface area contributed by atoms with E-state index in [1.54, 1.807) is 0 Å². The number of carbonyl (C=O) groups excluding carboxylic acids is 2. The molecule has 2 atom stereocenters. The summed E-state index contributed by atoms with van der Waals surface area (Å²) in [6.07, 6.45) is 44.1. The number of nitrogens with zero attached hydrogens (tertiary/aromatic N) is 1. The molecule has 54 heavy (non-hydrogen) atoms. The minimum Gasteiger partial charge on any atom is -0.477 e. The van der Waals surface area contributed by atoms with Gasteiger partial charge in [0, 0.05) is 19.3 Å². The predicted octanol–water partition coefficient (Wildman–Crippen LogP) is 11.4. The van der Waals surface area contributed by atoms with Crippen molar-refractivity contribution < 1.29 is 38.2 Å². The summed E-state index contributed by atoms with van der Waals surface area (Å²) in [5.74, 6) is -1.57. The highest BCUT2D eigenvalue weighted by Gasteiger charge is 2.31. The van der Waals surface area contributed by atoms with Gasteiger partial charge >= 0.3 is 17.9 Å². The van der Waals surface area contributed by atoms with Crippen molar-refractivity contribution in [2.75, 3.05) is 41.0 Å². The van der Waals surface area contributed by atoms with E-state index in [0.717, 1.165) is 57.8 Å². The van der Waals surface area contributed by atoms with E-state index in [4.69, 9.17) is 14.2 Å². The summed E-state index contributed by atoms with van der Waals surface area (Å²) < 4.78 is 17.2. The molecule has 0 saturated heterocycles. The number of allylic oxidation sites excluding steroid dienone is 10. The molecule has 0 aromatic carbocycles. The maximum absolute atomic E-state index is 12.7. The molecule has 0 saturated carbocycles. The van der Waals surface area contributed by atoms with E-state index < -0.39 is 18.1 Å². The van der Waals surface area contributed by atoms with Crippen molar-refractivity contribution in [3.63, 3.8) is 0 Å². The summed E-state index contributed by atoms with van der Waals surface area (Å²) in [6.45, 7) is 4.61. The summed E-state index contributed by atoms with van der Waals surface area (Å²) in [7, 11) is 5.50. The third kappa shape index (κ3) is 34.8. The fourth-order valence-electron chi connectivity index (χ4n) is 5.78. The second kappa shape index (κ2) is 37.0. The lowest BCUT2D eigenvalue weighted by atomic mass is 10.1. The first-order chi connectivity index (χ1) is 26.1. The summed E-state index contributed by atoms with van der Waals surface area (Å²) >= 11 is 0. The summed E-state index contributed by atoms with van der Waals surface area (Å²) in [4.78, 5) is 36.9. The van der Waals surface area contributed by atoms with E-state index in [9.17, 15) is 19.5 Å². The zero-order valence-electron chi connectivity index (χ0n) is 35.2. The molecular weight excluding hydrogens is 679 g/mol. The van der Waals surface area contributed by atoms with Crippen molar-refractivity contribution in [2.24, 2.45) is 0 Å². The number of aliphatic carboxylic acids is 1. The summed E-state index contributed by atoms with van der Waals surface area (Å²) in [5, 5.41) is 9.60. The highest BCUT2D eigenvalue weighted by Crippen LogP contribution is 2.12. The maximum atomic E-state index is 12.7. The van der Waals surface area contributed by atoms with Crippen LogP contribution in [-0.4, -0.2) is 80.6 Å². The molecule has 0 fully saturated rings. The first kappa shape index (κ1) is 51.0. The third-order valence-electron chi connectivity index (χ3n) is 9.14. The van der Waals surface area contributed by atoms with Crippen LogP contribution in [0.3, 0.4) is 0 Å². The number of likely N-dealkylation sites (N-methyl/N-ethyl adjacent to an activating group) is 1. The van der Waals surface area contributed by atoms with Gasteiger partial charge in [-0.15, -0.1) is 0 Å². The third-order valence-corrected chi connectivity index (χ3v) is 9.14. The van der Waals surface area contributed by atoms with E-state index in [0.29, 0.717) is 19.3 Å². The van der Waals surface area contributed by atoms with Crippen LogP contribution < -0.4 is 0 Å². The van der Waals surface area contributed by atoms with Crippen molar-refractivity contribution in [3.8, 4) is 0 Å². The minimum atomic E-state index is -0.887. The number of ether oxygens (including phenoxy) is 3. The van der Waals surface area contributed by atoms with Crippen LogP contribution in [0.1, 0.15) is 162 Å². The van der Waals surface area contributed by atoms with E-state index in [1.807, 2.05) is 21.1 Å². The lowest BCUT2D eigenvalue weighted by molar-refractivity contribution is -0.887. The van der Waals surface area contributed by atoms with E-state index in [2.05, 4.69) is 74.6 Å². The molecule has 0 aliphatic carbocycles. The van der Waals surface area contributed by atoms with Gasteiger partial charge in [-0.1, -0.05) is 126 Å². The van der Waals surface area contributed by atoms with Gasteiger partial charge in [0.2, 0.25) is 0 Å². The monoisotopic (exact) mass is 759 g/mol. The molecule has 0 heterocycles. The molecule has 310 valence electrons. The Kier molecular flexibility index (Phi) is 34.9. The van der Waals surface area contributed by atoms with Gasteiger partial charge in [0.15, 0.2) is 12.1 Å². The van der Waals surface area contributed by atoms with Gasteiger partial charge in [-0.25, -0.2) is 4.79 Å². The zero-order valence-corrected chi connectivity index (χ0v) is 35.2. The average molecular weight is 759 g/mol. The Morgan fingerprint density at radius 3 is 1.56 bits per heavy atom. The number of carbonyl (C=O) groups is 3. The standard InChI is InChI=1S/C46H79NO7/c1-6-8-10-12-14-16-18-20-21-22-23-25-26-28-30-32-34-36-44(48)53-41-42(40-52-39-38-43(46(50)51)47(3,4)5)54-45(49)37-35-33-31-29-27-24-19-17-15-13-11-9-7-2/h14,16,20-21,23-25,27-28,30,42-43H,6-13,15,17-19,22,26,29,31-41H2,1-5H3/p+1/b16-14+,21-20+,25-23+,27-24+,30-28+. The Morgan fingerprint density at radius 1 is 0.556 bits per heavy atom. The molecule has 0 spiro atoms. The molecule has 8 nitrogen and oxygen atoms in total. The fourth-order valence-corrected chi connectivity index (χ4v) is 5.78. The number of rotatable bonds is 37. The van der Waals surface area contributed by atoms with Crippen LogP contribution in [0, 0.1) is 0 Å². The Balaban J connectivity index is 4.49. The number of carboxylic acid groups (broad SMARTS) is 1. The molecule has 0 aromatic heterocycles. The van der Waals surface area contributed by atoms with E-state index in [1.165, 1.54) is 64.2 Å². The molecule has 0 aromatic rings. The smallest absolute Gasteiger partial charge is 0.362 e. The molecule has 0 amide bonds. The lowest BCUT2D eigenvalue weighted by Gasteiger charge is -2.31. The Bertz CT molecular complexity index is 1070. The number of quaternary nitrogens is 1. The quantitative estimate of drug-likeness (QED) is 0.0291. The summed E-state index contributed by atoms with van der Waals surface area (Å²) in [5.41, 5.74) is 0. The second-order valence-corrected chi connectivity index (χ2v) is 15.2. The van der Waals surface area contributed by atoms with Crippen LogP contribution in [0.4, 0.5) is 0 Å². The number of carboxylic acids is 1. The molecule has 0 radical (unpaired) electrons. The number of hydrogen-bond donors (Lipinski definition) is 1. The number of unbranched alkanes of at least 4 members (excludes halogenated alkanes) is 13. The van der Waals surface area contributed by atoms with Crippen LogP contribution >= 0.6 is 0 Å². The highest BCUT2D eigenvalue weighted by molar-refractivity contribution is 5.72. The van der Waals surface area contributed by atoms with Gasteiger partial charge in [-0.3, -0.25) is 9.59 Å². The zero-order chi connectivity index (χ0) is 40.0. The largest absolute Gasteiger partial charge is 0.477 e. The first-order valence-corrected chi connectivity index (χ1v) is 21.3. The molecular formula is C46H80NO7+. The number of hydrogen-bond acceptors (Lipinski definition) is 6. The molecule has 0 bridgehead atoms. The number of esters is 2. The van der Waals surface area contributed by atoms with Crippen LogP contribution in [0.25, 0.3) is 0 Å². The fraction of sp³-hybridized carbons (Fsp3) is 0.717. The van der Waals surface area contributed by atoms with Gasteiger partial charge in [0.1, 0.15) is 6.61 Å². The van der Waals surface area contributed by atoms with Crippen molar-refractivity contribution in [2.45, 2.75) is 174 Å². The van der Waals surface area contributed by atoms with Crippen LogP contribution in [0.5, 0.6) is 0 Å². The Labute approximate surface area is 330 Å². The molecule has 8 heteroatoms. The van der Waals surface area contributed by atoms with E-state index >= 15 is 0 Å². The second-order valence-electron chi connectivity index (χ2n) is 15.2. The van der Waals surface area contributed by atoms with Crippen LogP contribution in [0.2, 0.25) is 0 Å². The van der Waals surface area contributed by atoms with Crippen LogP contribution in [0.15, 0.2) is 60.8 Å². The van der Waals surface area contributed by atoms with Crippen LogP contribution in [-0.2, 0) is 28.6 Å². The molecule has 0 aliphatic rings. The minimum absolute atomic E-state index is 0.0358. The van der Waals surface area contributed by atoms with Crippen molar-refractivity contribution >= 4 is 17.9 Å².